The molecule has 0 heterocycles. The van der Waals surface area contributed by atoms with Crippen LogP contribution >= 0.6 is 7.82 Å². The molecule has 0 radical (unpaired) electrons. The number of allylic oxidation sites excluding steroid dienone is 14. The van der Waals surface area contributed by atoms with E-state index in [1.54, 1.807) is 0 Å². The Hall–Kier alpha value is -2.81. The second kappa shape index (κ2) is 44.7. The minimum absolute atomic E-state index is 0.0375. The number of hydrogen-bond donors (Lipinski definition) is 2. The first-order chi connectivity index (χ1) is 28.8. The molecule has 0 fully saturated rings. The Balaban J connectivity index is 4.26. The number of carbonyl (C=O) groups is 2. The Bertz CT molecular complexity index is 1240. The monoisotopic (exact) mass is 846 g/mol. The molecule has 0 aromatic rings. The summed E-state index contributed by atoms with van der Waals surface area (Å²) >= 11 is 0. The molecule has 0 aromatic carbocycles. The summed E-state index contributed by atoms with van der Waals surface area (Å²) in [5, 5.41) is 0. The molecule has 0 aromatic heterocycles. The zero-order valence-corrected chi connectivity index (χ0v) is 38.1. The molecule has 0 saturated carbocycles. The Kier molecular flexibility index (Phi) is 42.6. The zero-order chi connectivity index (χ0) is 43.2. The highest BCUT2D eigenvalue weighted by molar-refractivity contribution is 7.47. The number of carbonyl (C=O) groups excluding carboxylic acids is 2. The zero-order valence-electron chi connectivity index (χ0n) is 37.2. The number of phosphoric ester groups is 1. The van der Waals surface area contributed by atoms with Gasteiger partial charge in [-0.05, 0) is 83.5 Å². The fourth-order valence-electron chi connectivity index (χ4n) is 5.82. The second-order valence-electron chi connectivity index (χ2n) is 14.9. The molecule has 2 unspecified atom stereocenters. The molecule has 0 saturated heterocycles. The van der Waals surface area contributed by atoms with Gasteiger partial charge in [0.25, 0.3) is 0 Å². The number of unbranched alkanes of at least 4 members (excludes halogenated alkanes) is 15. The Morgan fingerprint density at radius 3 is 1.37 bits per heavy atom. The molecule has 3 N–H and O–H groups in total. The minimum Gasteiger partial charge on any atom is -0.462 e. The fraction of sp³-hybridized carbons (Fsp3) is 0.673. The first-order valence-electron chi connectivity index (χ1n) is 23.1. The number of ether oxygens (including phenoxy) is 2. The molecule has 9 nitrogen and oxygen atoms in total. The summed E-state index contributed by atoms with van der Waals surface area (Å²) in [5.41, 5.74) is 5.35. The molecular weight excluding hydrogens is 762 g/mol. The minimum atomic E-state index is -4.40. The normalized spacial score (nSPS) is 14.0. The van der Waals surface area contributed by atoms with E-state index in [0.717, 1.165) is 57.8 Å². The van der Waals surface area contributed by atoms with Gasteiger partial charge in [-0.2, -0.15) is 0 Å². The summed E-state index contributed by atoms with van der Waals surface area (Å²) in [6, 6.07) is 0. The van der Waals surface area contributed by atoms with Crippen molar-refractivity contribution in [2.24, 2.45) is 5.73 Å². The Morgan fingerprint density at radius 1 is 0.508 bits per heavy atom. The molecule has 0 aliphatic rings. The number of esters is 2. The van der Waals surface area contributed by atoms with Gasteiger partial charge < -0.3 is 20.1 Å². The predicted molar refractivity (Wildman–Crippen MR) is 247 cm³/mol. The SMILES string of the molecule is CCCCCC=CCC=CCC=CCC=CCC=CCCC(=O)OC(COC(=O)CCCCCCCCCCCC=CCC=CCCCCC)COP(=O)(O)OCCN. The quantitative estimate of drug-likeness (QED) is 0.0266. The van der Waals surface area contributed by atoms with Crippen molar-refractivity contribution in [2.45, 2.75) is 187 Å². The van der Waals surface area contributed by atoms with E-state index in [1.165, 1.54) is 83.5 Å². The molecular formula is C49H84NO8P. The fourth-order valence-corrected chi connectivity index (χ4v) is 6.59. The number of hydrogen-bond acceptors (Lipinski definition) is 8. The topological polar surface area (TPSA) is 134 Å². The average Bonchev–Trinajstić information content (AvgIpc) is 3.22. The van der Waals surface area contributed by atoms with Crippen LogP contribution < -0.4 is 5.73 Å². The lowest BCUT2D eigenvalue weighted by molar-refractivity contribution is -0.161. The van der Waals surface area contributed by atoms with E-state index in [2.05, 4.69) is 86.8 Å². The van der Waals surface area contributed by atoms with Crippen LogP contribution in [0.15, 0.2) is 85.1 Å². The van der Waals surface area contributed by atoms with Gasteiger partial charge in [-0.3, -0.25) is 18.6 Å². The van der Waals surface area contributed by atoms with Gasteiger partial charge in [0, 0.05) is 19.4 Å². The van der Waals surface area contributed by atoms with Gasteiger partial charge in [0.2, 0.25) is 0 Å². The Morgan fingerprint density at radius 2 is 0.915 bits per heavy atom. The molecule has 0 amide bonds. The van der Waals surface area contributed by atoms with Crippen LogP contribution in [0.1, 0.15) is 181 Å². The number of rotatable bonds is 42. The van der Waals surface area contributed by atoms with Gasteiger partial charge in [0.15, 0.2) is 6.10 Å². The van der Waals surface area contributed by atoms with Crippen LogP contribution in [-0.4, -0.2) is 49.3 Å². The van der Waals surface area contributed by atoms with Crippen molar-refractivity contribution in [1.82, 2.24) is 0 Å². The van der Waals surface area contributed by atoms with Gasteiger partial charge in [0.05, 0.1) is 13.2 Å². The van der Waals surface area contributed by atoms with Gasteiger partial charge in [0.1, 0.15) is 6.61 Å². The summed E-state index contributed by atoms with van der Waals surface area (Å²) in [5.74, 6) is -0.935. The standard InChI is InChI=1S/C49H84NO8P/c1-3-5-7-9-11-13-15-17-19-21-23-25-27-29-31-33-35-37-39-41-48(51)55-45-47(46-57-59(53,54)56-44-43-50)58-49(52)42-40-38-36-34-32-30-28-26-24-22-20-18-16-14-12-10-8-6-4-2/h11-14,17-20,24,26,30,32,36,38,47H,3-10,15-16,21-23,25,27-29,31,33-35,37,39-46,50H2,1-2H3,(H,53,54). The van der Waals surface area contributed by atoms with Crippen molar-refractivity contribution in [1.29, 1.82) is 0 Å². The van der Waals surface area contributed by atoms with E-state index in [0.29, 0.717) is 12.8 Å². The summed E-state index contributed by atoms with van der Waals surface area (Å²) in [7, 11) is -4.40. The van der Waals surface area contributed by atoms with Crippen LogP contribution in [-0.2, 0) is 32.7 Å². The first-order valence-corrected chi connectivity index (χ1v) is 24.6. The highest BCUT2D eigenvalue weighted by Gasteiger charge is 2.25. The van der Waals surface area contributed by atoms with Crippen molar-refractivity contribution < 1.29 is 37.6 Å². The van der Waals surface area contributed by atoms with E-state index in [9.17, 15) is 19.0 Å². The van der Waals surface area contributed by atoms with Gasteiger partial charge in [-0.15, -0.1) is 0 Å². The maximum absolute atomic E-state index is 12.6. The molecule has 0 rings (SSSR count). The van der Waals surface area contributed by atoms with Gasteiger partial charge in [-0.1, -0.05) is 170 Å². The first kappa shape index (κ1) is 56.2. The third-order valence-corrected chi connectivity index (χ3v) is 10.3. The molecule has 59 heavy (non-hydrogen) atoms. The maximum atomic E-state index is 12.6. The third-order valence-electron chi connectivity index (χ3n) is 9.27. The Labute approximate surface area is 360 Å². The highest BCUT2D eigenvalue weighted by Crippen LogP contribution is 2.43. The molecule has 0 bridgehead atoms. The summed E-state index contributed by atoms with van der Waals surface area (Å²) in [6.07, 6.45) is 56.2. The van der Waals surface area contributed by atoms with Crippen molar-refractivity contribution in [3.63, 3.8) is 0 Å². The average molecular weight is 846 g/mol. The molecule has 338 valence electrons. The summed E-state index contributed by atoms with van der Waals surface area (Å²) < 4.78 is 32.7. The maximum Gasteiger partial charge on any atom is 0.472 e. The molecule has 10 heteroatoms. The van der Waals surface area contributed by atoms with E-state index < -0.39 is 32.5 Å². The van der Waals surface area contributed by atoms with Gasteiger partial charge >= 0.3 is 19.8 Å². The lowest BCUT2D eigenvalue weighted by Crippen LogP contribution is -2.29. The lowest BCUT2D eigenvalue weighted by Gasteiger charge is -2.19. The predicted octanol–water partition coefficient (Wildman–Crippen LogP) is 13.6. The van der Waals surface area contributed by atoms with Crippen LogP contribution in [0.2, 0.25) is 0 Å². The molecule has 0 aliphatic carbocycles. The van der Waals surface area contributed by atoms with Crippen molar-refractivity contribution in [3.05, 3.63) is 85.1 Å². The molecule has 0 spiro atoms. The summed E-state index contributed by atoms with van der Waals surface area (Å²) in [6.45, 7) is 3.58. The van der Waals surface area contributed by atoms with E-state index in [-0.39, 0.29) is 32.6 Å². The highest BCUT2D eigenvalue weighted by atomic mass is 31.2. The van der Waals surface area contributed by atoms with Crippen molar-refractivity contribution in [2.75, 3.05) is 26.4 Å². The van der Waals surface area contributed by atoms with Gasteiger partial charge in [-0.25, -0.2) is 4.57 Å². The van der Waals surface area contributed by atoms with Crippen LogP contribution in [0.3, 0.4) is 0 Å². The third kappa shape index (κ3) is 44.6. The van der Waals surface area contributed by atoms with Crippen LogP contribution in [0.5, 0.6) is 0 Å². The molecule has 0 aliphatic heterocycles. The van der Waals surface area contributed by atoms with E-state index in [4.69, 9.17) is 24.3 Å². The largest absolute Gasteiger partial charge is 0.472 e. The summed E-state index contributed by atoms with van der Waals surface area (Å²) in [4.78, 5) is 34.9. The van der Waals surface area contributed by atoms with E-state index >= 15 is 0 Å². The number of phosphoric acid groups is 1. The van der Waals surface area contributed by atoms with Crippen LogP contribution in [0.4, 0.5) is 0 Å². The van der Waals surface area contributed by atoms with Crippen molar-refractivity contribution >= 4 is 19.8 Å². The molecule has 2 atom stereocenters. The van der Waals surface area contributed by atoms with Crippen LogP contribution in [0, 0.1) is 0 Å². The second-order valence-corrected chi connectivity index (χ2v) is 16.4. The smallest absolute Gasteiger partial charge is 0.462 e. The van der Waals surface area contributed by atoms with Crippen molar-refractivity contribution in [3.8, 4) is 0 Å². The van der Waals surface area contributed by atoms with E-state index in [1.807, 2.05) is 12.2 Å². The number of nitrogens with two attached hydrogens (primary N) is 1. The lowest BCUT2D eigenvalue weighted by atomic mass is 10.1. The van der Waals surface area contributed by atoms with Crippen LogP contribution in [0.25, 0.3) is 0 Å².